The van der Waals surface area contributed by atoms with Crippen molar-refractivity contribution in [1.29, 1.82) is 0 Å². The highest BCUT2D eigenvalue weighted by Gasteiger charge is 2.20. The van der Waals surface area contributed by atoms with E-state index in [1.807, 2.05) is 0 Å². The first-order chi connectivity index (χ1) is 10.4. The third-order valence-corrected chi connectivity index (χ3v) is 1.91. The maximum absolute atomic E-state index is 11.4. The Labute approximate surface area is 134 Å². The second-order valence-electron chi connectivity index (χ2n) is 5.26. The predicted octanol–water partition coefficient (Wildman–Crippen LogP) is 0.320. The van der Waals surface area contributed by atoms with Gasteiger partial charge in [-0.15, -0.1) is 0 Å². The Balaban J connectivity index is 0. The molecule has 0 rings (SSSR count). The molecule has 132 valence electrons. The van der Waals surface area contributed by atoms with Crippen molar-refractivity contribution in [2.75, 3.05) is 6.61 Å². The second kappa shape index (κ2) is 11.2. The number of carbonyl (C=O) groups excluding carboxylic acids is 2. The Hall–Kier alpha value is -2.42. The molecule has 0 aromatic carbocycles. The van der Waals surface area contributed by atoms with E-state index in [1.54, 1.807) is 20.8 Å². The quantitative estimate of drug-likeness (QED) is 0.354. The third-order valence-electron chi connectivity index (χ3n) is 1.91. The van der Waals surface area contributed by atoms with Crippen molar-refractivity contribution in [2.24, 2.45) is 5.73 Å². The third kappa shape index (κ3) is 15.8. The zero-order valence-corrected chi connectivity index (χ0v) is 13.4. The van der Waals surface area contributed by atoms with Crippen molar-refractivity contribution in [2.45, 2.75) is 45.3 Å². The molecule has 0 spiro atoms. The zero-order valence-electron chi connectivity index (χ0n) is 13.4. The topological polar surface area (TPSA) is 153 Å². The average Bonchev–Trinajstić information content (AvgIpc) is 2.40. The molecule has 0 radical (unpaired) electrons. The van der Waals surface area contributed by atoms with E-state index in [9.17, 15) is 9.59 Å². The van der Waals surface area contributed by atoms with Gasteiger partial charge in [0.2, 0.25) is 0 Å². The summed E-state index contributed by atoms with van der Waals surface area (Å²) in [5.41, 5.74) is 5.03. The van der Waals surface area contributed by atoms with Crippen LogP contribution in [0.4, 0.5) is 0 Å². The summed E-state index contributed by atoms with van der Waals surface area (Å²) in [5.74, 6) is -4.55. The minimum absolute atomic E-state index is 0.0988. The molecule has 0 aliphatic heterocycles. The lowest BCUT2D eigenvalue weighted by molar-refractivity contribution is -0.159. The smallest absolute Gasteiger partial charge is 0.414 e. The number of esters is 2. The fraction of sp³-hybridized carbons (Fsp3) is 0.571. The Bertz CT molecular complexity index is 427. The number of hydrogen-bond donors (Lipinski definition) is 3. The molecule has 1 atom stereocenters. The van der Waals surface area contributed by atoms with E-state index >= 15 is 0 Å². The highest BCUT2D eigenvalue weighted by atomic mass is 16.6. The SMILES string of the molecule is C=CCOC(=O)C(N)CCC(=O)OC(C)(C)C.O=C(O)C(=O)O. The van der Waals surface area contributed by atoms with Crippen LogP contribution >= 0.6 is 0 Å². The Morgan fingerprint density at radius 3 is 2.00 bits per heavy atom. The Morgan fingerprint density at radius 2 is 1.65 bits per heavy atom. The molecule has 23 heavy (non-hydrogen) atoms. The van der Waals surface area contributed by atoms with E-state index in [4.69, 9.17) is 35.0 Å². The molecule has 4 N–H and O–H groups in total. The molecule has 0 aromatic heterocycles. The van der Waals surface area contributed by atoms with Gasteiger partial charge in [-0.1, -0.05) is 12.7 Å². The van der Waals surface area contributed by atoms with E-state index < -0.39 is 29.6 Å². The lowest BCUT2D eigenvalue weighted by Gasteiger charge is -2.19. The van der Waals surface area contributed by atoms with Crippen molar-refractivity contribution < 1.29 is 38.9 Å². The number of aliphatic carboxylic acids is 2. The lowest BCUT2D eigenvalue weighted by atomic mass is 10.1. The van der Waals surface area contributed by atoms with Crippen molar-refractivity contribution in [3.63, 3.8) is 0 Å². The second-order valence-corrected chi connectivity index (χ2v) is 5.26. The fourth-order valence-corrected chi connectivity index (χ4v) is 1.03. The average molecular weight is 333 g/mol. The number of hydrogen-bond acceptors (Lipinski definition) is 7. The van der Waals surface area contributed by atoms with Crippen molar-refractivity contribution in [1.82, 2.24) is 0 Å². The van der Waals surface area contributed by atoms with Gasteiger partial charge in [0.05, 0.1) is 0 Å². The highest BCUT2D eigenvalue weighted by molar-refractivity contribution is 6.27. The molecule has 9 heteroatoms. The number of carboxylic acid groups (broad SMARTS) is 2. The normalized spacial score (nSPS) is 11.3. The molecule has 0 aliphatic rings. The van der Waals surface area contributed by atoms with Crippen molar-refractivity contribution >= 4 is 23.9 Å². The molecular formula is C14H23NO8. The number of carboxylic acids is 2. The zero-order chi connectivity index (χ0) is 18.6. The van der Waals surface area contributed by atoms with E-state index in [0.29, 0.717) is 0 Å². The summed E-state index contributed by atoms with van der Waals surface area (Å²) in [6.07, 6.45) is 1.77. The molecule has 0 fully saturated rings. The fourth-order valence-electron chi connectivity index (χ4n) is 1.03. The summed E-state index contributed by atoms with van der Waals surface area (Å²) in [7, 11) is 0. The van der Waals surface area contributed by atoms with Gasteiger partial charge in [0.15, 0.2) is 0 Å². The van der Waals surface area contributed by atoms with Gasteiger partial charge in [-0.05, 0) is 27.2 Å². The van der Waals surface area contributed by atoms with Gasteiger partial charge >= 0.3 is 23.9 Å². The number of rotatable bonds is 6. The van der Waals surface area contributed by atoms with E-state index in [-0.39, 0.29) is 25.4 Å². The maximum Gasteiger partial charge on any atom is 0.414 e. The Morgan fingerprint density at radius 1 is 1.17 bits per heavy atom. The molecule has 0 saturated carbocycles. The van der Waals surface area contributed by atoms with E-state index in [2.05, 4.69) is 6.58 Å². The monoisotopic (exact) mass is 333 g/mol. The van der Waals surface area contributed by atoms with Gasteiger partial charge in [0.25, 0.3) is 0 Å². The molecule has 0 heterocycles. The summed E-state index contributed by atoms with van der Waals surface area (Å²) >= 11 is 0. The van der Waals surface area contributed by atoms with Gasteiger partial charge in [-0.2, -0.15) is 0 Å². The summed E-state index contributed by atoms with van der Waals surface area (Å²) < 4.78 is 9.84. The van der Waals surface area contributed by atoms with E-state index in [1.165, 1.54) is 6.08 Å². The lowest BCUT2D eigenvalue weighted by Crippen LogP contribution is -2.33. The first-order valence-electron chi connectivity index (χ1n) is 6.62. The van der Waals surface area contributed by atoms with Gasteiger partial charge in [-0.25, -0.2) is 9.59 Å². The van der Waals surface area contributed by atoms with Crippen LogP contribution in [-0.4, -0.2) is 52.3 Å². The van der Waals surface area contributed by atoms with Crippen molar-refractivity contribution in [3.8, 4) is 0 Å². The molecule has 0 aromatic rings. The number of carbonyl (C=O) groups is 4. The number of ether oxygens (including phenoxy) is 2. The molecule has 9 nitrogen and oxygen atoms in total. The van der Waals surface area contributed by atoms with Crippen LogP contribution < -0.4 is 5.73 Å². The summed E-state index contributed by atoms with van der Waals surface area (Å²) in [4.78, 5) is 40.8. The molecule has 0 saturated heterocycles. The van der Waals surface area contributed by atoms with Crippen LogP contribution in [0.3, 0.4) is 0 Å². The van der Waals surface area contributed by atoms with Crippen LogP contribution in [-0.2, 0) is 28.7 Å². The largest absolute Gasteiger partial charge is 0.473 e. The molecule has 0 aliphatic carbocycles. The van der Waals surface area contributed by atoms with Crippen LogP contribution in [0.15, 0.2) is 12.7 Å². The first kappa shape index (κ1) is 22.9. The minimum atomic E-state index is -1.82. The molecular weight excluding hydrogens is 310 g/mol. The number of nitrogens with two attached hydrogens (primary N) is 1. The van der Waals surface area contributed by atoms with Crippen LogP contribution in [0, 0.1) is 0 Å². The van der Waals surface area contributed by atoms with Gasteiger partial charge in [0, 0.05) is 6.42 Å². The Kier molecular flexibility index (Phi) is 11.1. The van der Waals surface area contributed by atoms with E-state index in [0.717, 1.165) is 0 Å². The molecule has 0 bridgehead atoms. The summed E-state index contributed by atoms with van der Waals surface area (Å²) in [6, 6.07) is -0.803. The van der Waals surface area contributed by atoms with Crippen LogP contribution in [0.5, 0.6) is 0 Å². The van der Waals surface area contributed by atoms with Crippen LogP contribution in [0.2, 0.25) is 0 Å². The molecule has 0 amide bonds. The van der Waals surface area contributed by atoms with Gasteiger partial charge < -0.3 is 25.4 Å². The van der Waals surface area contributed by atoms with Crippen molar-refractivity contribution in [3.05, 3.63) is 12.7 Å². The maximum atomic E-state index is 11.4. The predicted molar refractivity (Wildman–Crippen MR) is 79.5 cm³/mol. The van der Waals surface area contributed by atoms with Crippen LogP contribution in [0.25, 0.3) is 0 Å². The van der Waals surface area contributed by atoms with Crippen LogP contribution in [0.1, 0.15) is 33.6 Å². The first-order valence-corrected chi connectivity index (χ1v) is 6.62. The summed E-state index contributed by atoms with van der Waals surface area (Å²) in [6.45, 7) is 8.88. The minimum Gasteiger partial charge on any atom is -0.473 e. The van der Waals surface area contributed by atoms with Gasteiger partial charge in [-0.3, -0.25) is 9.59 Å². The molecule has 1 unspecified atom stereocenters. The van der Waals surface area contributed by atoms with Gasteiger partial charge in [0.1, 0.15) is 18.2 Å². The standard InChI is InChI=1S/C12H21NO4.C2H2O4/c1-5-8-16-11(15)9(13)6-7-10(14)17-12(2,3)4;3-1(4)2(5)6/h5,9H,1,6-8,13H2,2-4H3;(H,3,4)(H,5,6). The summed E-state index contributed by atoms with van der Waals surface area (Å²) in [5, 5.41) is 14.8. The highest BCUT2D eigenvalue weighted by Crippen LogP contribution is 2.09.